The zero-order chi connectivity index (χ0) is 11.3. The molecule has 0 aliphatic carbocycles. The fraction of sp³-hybridized carbons (Fsp3) is 0.800. The quantitative estimate of drug-likeness (QED) is 0.649. The van der Waals surface area contributed by atoms with Gasteiger partial charge in [-0.2, -0.15) is 0 Å². The Hall–Kier alpha value is -1.26. The van der Waals surface area contributed by atoms with Crippen molar-refractivity contribution in [1.82, 2.24) is 4.90 Å². The van der Waals surface area contributed by atoms with Crippen molar-refractivity contribution in [2.75, 3.05) is 19.7 Å². The first-order chi connectivity index (χ1) is 7.13. The minimum absolute atomic E-state index is 0.0480. The molecule has 0 spiro atoms. The fourth-order valence-electron chi connectivity index (χ4n) is 1.61. The van der Waals surface area contributed by atoms with Crippen LogP contribution in [0.4, 0.5) is 4.79 Å². The SMILES string of the molecule is CCOC(=O)N1CCC(OC(C)=O)CC1. The van der Waals surface area contributed by atoms with Crippen LogP contribution in [0.1, 0.15) is 26.7 Å². The summed E-state index contributed by atoms with van der Waals surface area (Å²) in [5, 5.41) is 0. The number of piperidine rings is 1. The van der Waals surface area contributed by atoms with Gasteiger partial charge in [-0.05, 0) is 6.92 Å². The van der Waals surface area contributed by atoms with Crippen molar-refractivity contribution in [2.24, 2.45) is 0 Å². The fourth-order valence-corrected chi connectivity index (χ4v) is 1.61. The van der Waals surface area contributed by atoms with Crippen molar-refractivity contribution in [3.8, 4) is 0 Å². The molecule has 0 saturated carbocycles. The summed E-state index contributed by atoms with van der Waals surface area (Å²) in [5.74, 6) is -0.260. The highest BCUT2D eigenvalue weighted by molar-refractivity contribution is 5.68. The van der Waals surface area contributed by atoms with Gasteiger partial charge in [-0.3, -0.25) is 4.79 Å². The van der Waals surface area contributed by atoms with E-state index < -0.39 is 0 Å². The Balaban J connectivity index is 2.29. The molecule has 0 bridgehead atoms. The topological polar surface area (TPSA) is 55.8 Å². The Morgan fingerprint density at radius 3 is 2.40 bits per heavy atom. The molecule has 1 rings (SSSR count). The first-order valence-electron chi connectivity index (χ1n) is 5.22. The van der Waals surface area contributed by atoms with Crippen LogP contribution >= 0.6 is 0 Å². The van der Waals surface area contributed by atoms with Crippen LogP contribution in [0.15, 0.2) is 0 Å². The Morgan fingerprint density at radius 1 is 1.33 bits per heavy atom. The van der Waals surface area contributed by atoms with Crippen molar-refractivity contribution in [3.63, 3.8) is 0 Å². The highest BCUT2D eigenvalue weighted by Crippen LogP contribution is 2.14. The number of rotatable bonds is 2. The standard InChI is InChI=1S/C10H17NO4/c1-3-14-10(13)11-6-4-9(5-7-11)15-8(2)12/h9H,3-7H2,1-2H3. The maximum Gasteiger partial charge on any atom is 0.409 e. The van der Waals surface area contributed by atoms with E-state index in [1.807, 2.05) is 0 Å². The number of ether oxygens (including phenoxy) is 2. The van der Waals surface area contributed by atoms with Crippen molar-refractivity contribution in [2.45, 2.75) is 32.8 Å². The molecule has 15 heavy (non-hydrogen) atoms. The summed E-state index contributed by atoms with van der Waals surface area (Å²) in [4.78, 5) is 23.7. The molecule has 0 unspecified atom stereocenters. The number of hydrogen-bond acceptors (Lipinski definition) is 4. The summed E-state index contributed by atoms with van der Waals surface area (Å²) >= 11 is 0. The van der Waals surface area contributed by atoms with E-state index in [1.165, 1.54) is 6.92 Å². The number of carbonyl (C=O) groups excluding carboxylic acids is 2. The molecule has 1 heterocycles. The normalized spacial score (nSPS) is 17.3. The molecule has 5 nitrogen and oxygen atoms in total. The lowest BCUT2D eigenvalue weighted by Crippen LogP contribution is -2.41. The lowest BCUT2D eigenvalue weighted by atomic mass is 10.1. The van der Waals surface area contributed by atoms with Crippen LogP contribution in [0.2, 0.25) is 0 Å². The molecule has 1 saturated heterocycles. The molecule has 0 aromatic heterocycles. The second-order valence-corrected chi connectivity index (χ2v) is 3.49. The van der Waals surface area contributed by atoms with Crippen LogP contribution in [0, 0.1) is 0 Å². The van der Waals surface area contributed by atoms with Gasteiger partial charge in [0.15, 0.2) is 0 Å². The second-order valence-electron chi connectivity index (χ2n) is 3.49. The molecule has 1 amide bonds. The smallest absolute Gasteiger partial charge is 0.409 e. The van der Waals surface area contributed by atoms with Crippen molar-refractivity contribution in [3.05, 3.63) is 0 Å². The van der Waals surface area contributed by atoms with E-state index >= 15 is 0 Å². The lowest BCUT2D eigenvalue weighted by molar-refractivity contribution is -0.148. The maximum atomic E-state index is 11.3. The van der Waals surface area contributed by atoms with Crippen LogP contribution in [-0.2, 0) is 14.3 Å². The molecular weight excluding hydrogens is 198 g/mol. The number of nitrogens with zero attached hydrogens (tertiary/aromatic N) is 1. The second kappa shape index (κ2) is 5.58. The number of esters is 1. The van der Waals surface area contributed by atoms with Gasteiger partial charge in [0.25, 0.3) is 0 Å². The van der Waals surface area contributed by atoms with Gasteiger partial charge in [0.05, 0.1) is 6.61 Å². The molecule has 0 aromatic carbocycles. The monoisotopic (exact) mass is 215 g/mol. The summed E-state index contributed by atoms with van der Waals surface area (Å²) < 4.78 is 9.94. The zero-order valence-electron chi connectivity index (χ0n) is 9.19. The summed E-state index contributed by atoms with van der Waals surface area (Å²) in [7, 11) is 0. The number of amides is 1. The molecule has 1 fully saturated rings. The zero-order valence-corrected chi connectivity index (χ0v) is 9.19. The van der Waals surface area contributed by atoms with Gasteiger partial charge in [0, 0.05) is 32.9 Å². The largest absolute Gasteiger partial charge is 0.462 e. The van der Waals surface area contributed by atoms with E-state index in [0.717, 1.165) is 0 Å². The summed E-state index contributed by atoms with van der Waals surface area (Å²) in [6.45, 7) is 4.76. The minimum Gasteiger partial charge on any atom is -0.462 e. The Morgan fingerprint density at radius 2 is 1.93 bits per heavy atom. The van der Waals surface area contributed by atoms with Gasteiger partial charge in [-0.1, -0.05) is 0 Å². The third kappa shape index (κ3) is 3.77. The van der Waals surface area contributed by atoms with Gasteiger partial charge in [-0.25, -0.2) is 4.79 Å². The molecule has 0 N–H and O–H groups in total. The predicted octanol–water partition coefficient (Wildman–Crippen LogP) is 1.17. The highest BCUT2D eigenvalue weighted by Gasteiger charge is 2.24. The number of carbonyl (C=O) groups is 2. The molecule has 5 heteroatoms. The molecule has 0 radical (unpaired) electrons. The van der Waals surface area contributed by atoms with Gasteiger partial charge in [-0.15, -0.1) is 0 Å². The van der Waals surface area contributed by atoms with Gasteiger partial charge >= 0.3 is 12.1 Å². The van der Waals surface area contributed by atoms with Crippen LogP contribution in [0.25, 0.3) is 0 Å². The molecule has 0 atom stereocenters. The summed E-state index contributed by atoms with van der Waals surface area (Å²) in [6.07, 6.45) is 1.06. The number of hydrogen-bond donors (Lipinski definition) is 0. The predicted molar refractivity (Wildman–Crippen MR) is 53.4 cm³/mol. The average molecular weight is 215 g/mol. The van der Waals surface area contributed by atoms with E-state index in [4.69, 9.17) is 9.47 Å². The summed E-state index contributed by atoms with van der Waals surface area (Å²) in [5.41, 5.74) is 0. The van der Waals surface area contributed by atoms with Crippen LogP contribution in [-0.4, -0.2) is 42.8 Å². The maximum absolute atomic E-state index is 11.3. The summed E-state index contributed by atoms with van der Waals surface area (Å²) in [6, 6.07) is 0. The molecule has 1 aliphatic heterocycles. The van der Waals surface area contributed by atoms with E-state index in [2.05, 4.69) is 0 Å². The van der Waals surface area contributed by atoms with Gasteiger partial charge < -0.3 is 14.4 Å². The highest BCUT2D eigenvalue weighted by atomic mass is 16.6. The van der Waals surface area contributed by atoms with Crippen molar-refractivity contribution >= 4 is 12.1 Å². The average Bonchev–Trinajstić information content (AvgIpc) is 2.18. The molecule has 1 aliphatic rings. The van der Waals surface area contributed by atoms with Crippen molar-refractivity contribution < 1.29 is 19.1 Å². The Bertz CT molecular complexity index is 234. The van der Waals surface area contributed by atoms with E-state index in [0.29, 0.717) is 32.5 Å². The van der Waals surface area contributed by atoms with Gasteiger partial charge in [0.1, 0.15) is 6.10 Å². The third-order valence-corrected chi connectivity index (χ3v) is 2.30. The minimum atomic E-state index is -0.279. The van der Waals surface area contributed by atoms with E-state index in [-0.39, 0.29) is 18.2 Å². The number of likely N-dealkylation sites (tertiary alicyclic amines) is 1. The van der Waals surface area contributed by atoms with Crippen molar-refractivity contribution in [1.29, 1.82) is 0 Å². The molecular formula is C10H17NO4. The lowest BCUT2D eigenvalue weighted by Gasteiger charge is -2.30. The Labute approximate surface area is 89.3 Å². The first-order valence-corrected chi connectivity index (χ1v) is 5.22. The Kier molecular flexibility index (Phi) is 4.39. The third-order valence-electron chi connectivity index (χ3n) is 2.30. The van der Waals surface area contributed by atoms with Crippen LogP contribution < -0.4 is 0 Å². The first kappa shape index (κ1) is 11.8. The van der Waals surface area contributed by atoms with Crippen LogP contribution in [0.5, 0.6) is 0 Å². The molecule has 0 aromatic rings. The van der Waals surface area contributed by atoms with Crippen LogP contribution in [0.3, 0.4) is 0 Å². The molecule has 86 valence electrons. The van der Waals surface area contributed by atoms with Gasteiger partial charge in [0.2, 0.25) is 0 Å². The van der Waals surface area contributed by atoms with E-state index in [1.54, 1.807) is 11.8 Å². The van der Waals surface area contributed by atoms with E-state index in [9.17, 15) is 9.59 Å².